The molecule has 0 fully saturated rings. The Labute approximate surface area is 98.0 Å². The standard InChI is InChI=1S/C12H24N2O2/c1-4-10(5-2)11(8-13)12(16)14-7-6-9(3)15/h10-11H,4-8,13H2,1-3H3,(H,14,16). The summed E-state index contributed by atoms with van der Waals surface area (Å²) >= 11 is 0. The fraction of sp³-hybridized carbons (Fsp3) is 0.833. The summed E-state index contributed by atoms with van der Waals surface area (Å²) in [4.78, 5) is 22.5. The fourth-order valence-corrected chi connectivity index (χ4v) is 1.86. The summed E-state index contributed by atoms with van der Waals surface area (Å²) in [5.74, 6) is 0.286. The lowest BCUT2D eigenvalue weighted by molar-refractivity contribution is -0.126. The van der Waals surface area contributed by atoms with E-state index in [-0.39, 0.29) is 17.6 Å². The first-order valence-electron chi connectivity index (χ1n) is 6.03. The molecule has 0 aromatic heterocycles. The van der Waals surface area contributed by atoms with Gasteiger partial charge in [-0.15, -0.1) is 0 Å². The summed E-state index contributed by atoms with van der Waals surface area (Å²) in [6, 6.07) is 0. The zero-order chi connectivity index (χ0) is 12.6. The number of rotatable bonds is 8. The van der Waals surface area contributed by atoms with Crippen molar-refractivity contribution in [3.63, 3.8) is 0 Å². The van der Waals surface area contributed by atoms with E-state index in [1.807, 2.05) is 0 Å². The minimum absolute atomic E-state index is 0.0162. The van der Waals surface area contributed by atoms with Gasteiger partial charge >= 0.3 is 0 Å². The van der Waals surface area contributed by atoms with Gasteiger partial charge in [-0.1, -0.05) is 26.7 Å². The van der Waals surface area contributed by atoms with Gasteiger partial charge in [0, 0.05) is 19.5 Å². The van der Waals surface area contributed by atoms with E-state index < -0.39 is 0 Å². The van der Waals surface area contributed by atoms with Crippen LogP contribution in [0.5, 0.6) is 0 Å². The van der Waals surface area contributed by atoms with Gasteiger partial charge in [-0.2, -0.15) is 0 Å². The van der Waals surface area contributed by atoms with Crippen molar-refractivity contribution in [3.05, 3.63) is 0 Å². The first-order chi connectivity index (χ1) is 7.56. The fourth-order valence-electron chi connectivity index (χ4n) is 1.86. The van der Waals surface area contributed by atoms with E-state index in [1.54, 1.807) is 0 Å². The zero-order valence-electron chi connectivity index (χ0n) is 10.6. The first-order valence-corrected chi connectivity index (χ1v) is 6.03. The average Bonchev–Trinajstić information content (AvgIpc) is 2.24. The number of hydrogen-bond acceptors (Lipinski definition) is 3. The monoisotopic (exact) mass is 228 g/mol. The van der Waals surface area contributed by atoms with Crippen molar-refractivity contribution in [2.45, 2.75) is 40.0 Å². The third kappa shape index (κ3) is 5.26. The molecule has 0 radical (unpaired) electrons. The predicted octanol–water partition coefficient (Wildman–Crippen LogP) is 1.09. The highest BCUT2D eigenvalue weighted by atomic mass is 16.2. The van der Waals surface area contributed by atoms with Gasteiger partial charge in [-0.3, -0.25) is 9.59 Å². The molecule has 0 rings (SSSR count). The molecule has 4 heteroatoms. The number of nitrogens with one attached hydrogen (secondary N) is 1. The molecule has 0 aliphatic rings. The van der Waals surface area contributed by atoms with Gasteiger partial charge in [0.15, 0.2) is 0 Å². The molecular formula is C12H24N2O2. The Bertz CT molecular complexity index is 225. The van der Waals surface area contributed by atoms with Crippen LogP contribution in [0.3, 0.4) is 0 Å². The molecule has 0 bridgehead atoms. The summed E-state index contributed by atoms with van der Waals surface area (Å²) in [6.07, 6.45) is 2.31. The zero-order valence-corrected chi connectivity index (χ0v) is 10.6. The average molecular weight is 228 g/mol. The molecule has 0 aliphatic carbocycles. The van der Waals surface area contributed by atoms with Gasteiger partial charge in [0.05, 0.1) is 5.92 Å². The van der Waals surface area contributed by atoms with Crippen LogP contribution in [0, 0.1) is 11.8 Å². The molecule has 1 atom stereocenters. The number of carbonyl (C=O) groups excluding carboxylic acids is 2. The van der Waals surface area contributed by atoms with Gasteiger partial charge < -0.3 is 11.1 Å². The van der Waals surface area contributed by atoms with Crippen molar-refractivity contribution < 1.29 is 9.59 Å². The van der Waals surface area contributed by atoms with E-state index in [0.717, 1.165) is 12.8 Å². The maximum atomic E-state index is 11.8. The Morgan fingerprint density at radius 2 is 1.81 bits per heavy atom. The van der Waals surface area contributed by atoms with Gasteiger partial charge in [-0.05, 0) is 12.8 Å². The summed E-state index contributed by atoms with van der Waals surface area (Å²) in [6.45, 7) is 6.45. The Hall–Kier alpha value is -0.900. The molecule has 1 amide bonds. The van der Waals surface area contributed by atoms with Gasteiger partial charge in [0.2, 0.25) is 5.91 Å². The number of ketones is 1. The SMILES string of the molecule is CCC(CC)C(CN)C(=O)NCCC(C)=O. The Morgan fingerprint density at radius 3 is 2.19 bits per heavy atom. The maximum absolute atomic E-state index is 11.8. The minimum atomic E-state index is -0.123. The number of nitrogens with two attached hydrogens (primary N) is 1. The molecular weight excluding hydrogens is 204 g/mol. The molecule has 94 valence electrons. The smallest absolute Gasteiger partial charge is 0.224 e. The Morgan fingerprint density at radius 1 is 1.25 bits per heavy atom. The molecule has 0 aromatic carbocycles. The normalized spacial score (nSPS) is 12.6. The van der Waals surface area contributed by atoms with Gasteiger partial charge in [0.1, 0.15) is 5.78 Å². The highest BCUT2D eigenvalue weighted by Crippen LogP contribution is 2.18. The van der Waals surface area contributed by atoms with Crippen LogP contribution in [0.15, 0.2) is 0 Å². The van der Waals surface area contributed by atoms with E-state index in [4.69, 9.17) is 5.73 Å². The highest BCUT2D eigenvalue weighted by Gasteiger charge is 2.24. The molecule has 3 N–H and O–H groups in total. The van der Waals surface area contributed by atoms with Crippen LogP contribution in [0.2, 0.25) is 0 Å². The lowest BCUT2D eigenvalue weighted by Gasteiger charge is -2.22. The van der Waals surface area contributed by atoms with E-state index in [0.29, 0.717) is 25.4 Å². The van der Waals surface area contributed by atoms with Crippen molar-refractivity contribution in [1.29, 1.82) is 0 Å². The molecule has 0 saturated carbocycles. The molecule has 4 nitrogen and oxygen atoms in total. The molecule has 0 saturated heterocycles. The summed E-state index contributed by atoms with van der Waals surface area (Å²) in [5, 5.41) is 2.77. The van der Waals surface area contributed by atoms with Crippen LogP contribution < -0.4 is 11.1 Å². The van der Waals surface area contributed by atoms with Crippen molar-refractivity contribution in [2.75, 3.05) is 13.1 Å². The van der Waals surface area contributed by atoms with Crippen molar-refractivity contribution in [1.82, 2.24) is 5.32 Å². The molecule has 0 aromatic rings. The van der Waals surface area contributed by atoms with E-state index in [1.165, 1.54) is 6.92 Å². The first kappa shape index (κ1) is 15.1. The molecule has 0 spiro atoms. The summed E-state index contributed by atoms with van der Waals surface area (Å²) < 4.78 is 0. The van der Waals surface area contributed by atoms with Crippen LogP contribution in [-0.2, 0) is 9.59 Å². The van der Waals surface area contributed by atoms with Crippen molar-refractivity contribution >= 4 is 11.7 Å². The predicted molar refractivity (Wildman–Crippen MR) is 64.9 cm³/mol. The van der Waals surface area contributed by atoms with E-state index >= 15 is 0 Å². The van der Waals surface area contributed by atoms with Crippen molar-refractivity contribution in [3.8, 4) is 0 Å². The highest BCUT2D eigenvalue weighted by molar-refractivity contribution is 5.80. The lowest BCUT2D eigenvalue weighted by atomic mass is 9.87. The Kier molecular flexibility index (Phi) is 7.81. The third-order valence-corrected chi connectivity index (χ3v) is 2.98. The van der Waals surface area contributed by atoms with Gasteiger partial charge in [0.25, 0.3) is 0 Å². The quantitative estimate of drug-likeness (QED) is 0.653. The van der Waals surface area contributed by atoms with Gasteiger partial charge in [-0.25, -0.2) is 0 Å². The second-order valence-electron chi connectivity index (χ2n) is 4.16. The van der Waals surface area contributed by atoms with E-state index in [2.05, 4.69) is 19.2 Å². The van der Waals surface area contributed by atoms with Crippen molar-refractivity contribution in [2.24, 2.45) is 17.6 Å². The molecule has 0 aliphatic heterocycles. The second kappa shape index (κ2) is 8.28. The topological polar surface area (TPSA) is 72.2 Å². The van der Waals surface area contributed by atoms with E-state index in [9.17, 15) is 9.59 Å². The maximum Gasteiger partial charge on any atom is 0.224 e. The Balaban J connectivity index is 4.14. The molecule has 16 heavy (non-hydrogen) atoms. The molecule has 1 unspecified atom stereocenters. The summed E-state index contributed by atoms with van der Waals surface area (Å²) in [7, 11) is 0. The van der Waals surface area contributed by atoms with Crippen LogP contribution in [0.4, 0.5) is 0 Å². The third-order valence-electron chi connectivity index (χ3n) is 2.98. The number of carbonyl (C=O) groups is 2. The lowest BCUT2D eigenvalue weighted by Crippen LogP contribution is -2.39. The number of Topliss-reactive ketones (excluding diaryl/α,β-unsaturated/α-hetero) is 1. The van der Waals surface area contributed by atoms with Crippen LogP contribution in [0.25, 0.3) is 0 Å². The largest absolute Gasteiger partial charge is 0.355 e. The minimum Gasteiger partial charge on any atom is -0.355 e. The van der Waals surface area contributed by atoms with Crippen LogP contribution >= 0.6 is 0 Å². The second-order valence-corrected chi connectivity index (χ2v) is 4.16. The van der Waals surface area contributed by atoms with Crippen LogP contribution in [0.1, 0.15) is 40.0 Å². The summed E-state index contributed by atoms with van der Waals surface area (Å²) in [5.41, 5.74) is 5.63. The number of hydrogen-bond donors (Lipinski definition) is 2. The van der Waals surface area contributed by atoms with Crippen LogP contribution in [-0.4, -0.2) is 24.8 Å². The number of amides is 1. The molecule has 0 heterocycles.